The number of halogens is 1. The second-order valence-electron chi connectivity index (χ2n) is 4.12. The highest BCUT2D eigenvalue weighted by Gasteiger charge is 2.25. The lowest BCUT2D eigenvalue weighted by atomic mass is 10.2. The Morgan fingerprint density at radius 3 is 3.05 bits per heavy atom. The number of fused-ring (bicyclic) bond motifs is 1. The number of hydrogen-bond donors (Lipinski definition) is 2. The topological polar surface area (TPSA) is 84.7 Å². The van der Waals surface area contributed by atoms with Crippen LogP contribution < -0.4 is 20.9 Å². The van der Waals surface area contributed by atoms with E-state index in [2.05, 4.69) is 5.43 Å². The summed E-state index contributed by atoms with van der Waals surface area (Å²) in [6.45, 7) is 0.417. The Bertz CT molecular complexity index is 507. The number of carbonyl (C=O) groups is 2. The lowest BCUT2D eigenvalue weighted by Gasteiger charge is -2.29. The molecule has 6 nitrogen and oxygen atoms in total. The molecule has 0 atom stereocenters. The first-order valence-electron chi connectivity index (χ1n) is 5.84. The lowest BCUT2D eigenvalue weighted by molar-refractivity contribution is -0.122. The number of hydrogen-bond acceptors (Lipinski definition) is 4. The predicted molar refractivity (Wildman–Crippen MR) is 70.9 cm³/mol. The van der Waals surface area contributed by atoms with Crippen molar-refractivity contribution in [2.45, 2.75) is 12.8 Å². The summed E-state index contributed by atoms with van der Waals surface area (Å²) in [5.41, 5.74) is 2.69. The maximum absolute atomic E-state index is 11.8. The molecule has 0 saturated carbocycles. The standard InChI is InChI=1S/C12H14ClN3O3/c13-8-3-4-10-9(6-8)16(12(18)7-19-10)5-1-2-11(17)15-14/h3-4,6H,1-2,5,7,14H2,(H,15,17). The molecule has 2 amide bonds. The molecule has 0 aliphatic carbocycles. The quantitative estimate of drug-likeness (QED) is 0.487. The summed E-state index contributed by atoms with van der Waals surface area (Å²) >= 11 is 5.92. The van der Waals surface area contributed by atoms with E-state index in [0.29, 0.717) is 29.4 Å². The fraction of sp³-hybridized carbons (Fsp3) is 0.333. The van der Waals surface area contributed by atoms with Crippen LogP contribution in [0.4, 0.5) is 5.69 Å². The number of hydrazine groups is 1. The van der Waals surface area contributed by atoms with Crippen LogP contribution in [0.3, 0.4) is 0 Å². The Morgan fingerprint density at radius 1 is 1.53 bits per heavy atom. The molecule has 0 spiro atoms. The van der Waals surface area contributed by atoms with Crippen molar-refractivity contribution in [2.75, 3.05) is 18.1 Å². The molecule has 0 unspecified atom stereocenters. The van der Waals surface area contributed by atoms with Crippen molar-refractivity contribution in [3.63, 3.8) is 0 Å². The number of nitrogens with two attached hydrogens (primary N) is 1. The van der Waals surface area contributed by atoms with Crippen molar-refractivity contribution in [1.29, 1.82) is 0 Å². The zero-order valence-electron chi connectivity index (χ0n) is 10.2. The Hall–Kier alpha value is -1.79. The molecule has 0 bridgehead atoms. The first-order valence-corrected chi connectivity index (χ1v) is 6.22. The molecule has 0 fully saturated rings. The molecular weight excluding hydrogens is 270 g/mol. The summed E-state index contributed by atoms with van der Waals surface area (Å²) < 4.78 is 5.32. The van der Waals surface area contributed by atoms with Gasteiger partial charge in [-0.1, -0.05) is 11.6 Å². The number of rotatable bonds is 4. The normalized spacial score (nSPS) is 13.8. The first kappa shape index (κ1) is 13.6. The molecule has 19 heavy (non-hydrogen) atoms. The second kappa shape index (κ2) is 5.90. The Kier molecular flexibility index (Phi) is 4.24. The molecule has 2 rings (SSSR count). The van der Waals surface area contributed by atoms with E-state index in [1.807, 2.05) is 0 Å². The number of anilines is 1. The number of carbonyl (C=O) groups excluding carboxylic acids is 2. The Morgan fingerprint density at radius 2 is 2.32 bits per heavy atom. The molecule has 7 heteroatoms. The van der Waals surface area contributed by atoms with Crippen LogP contribution in [0, 0.1) is 0 Å². The highest BCUT2D eigenvalue weighted by atomic mass is 35.5. The van der Waals surface area contributed by atoms with Crippen molar-refractivity contribution >= 4 is 29.1 Å². The van der Waals surface area contributed by atoms with E-state index < -0.39 is 0 Å². The SMILES string of the molecule is NNC(=O)CCCN1C(=O)COc2ccc(Cl)cc21. The number of amides is 2. The van der Waals surface area contributed by atoms with Crippen LogP contribution in [-0.2, 0) is 9.59 Å². The van der Waals surface area contributed by atoms with Crippen molar-refractivity contribution in [3.05, 3.63) is 23.2 Å². The van der Waals surface area contributed by atoms with Gasteiger partial charge in [0, 0.05) is 18.0 Å². The number of nitrogens with zero attached hydrogens (tertiary/aromatic N) is 1. The summed E-state index contributed by atoms with van der Waals surface area (Å²) in [4.78, 5) is 24.5. The number of benzene rings is 1. The van der Waals surface area contributed by atoms with Gasteiger partial charge >= 0.3 is 0 Å². The summed E-state index contributed by atoms with van der Waals surface area (Å²) in [5, 5.41) is 0.529. The van der Waals surface area contributed by atoms with Gasteiger partial charge in [0.15, 0.2) is 6.61 Å². The molecule has 1 aliphatic rings. The summed E-state index contributed by atoms with van der Waals surface area (Å²) in [5.74, 6) is 5.21. The highest BCUT2D eigenvalue weighted by Crippen LogP contribution is 2.34. The van der Waals surface area contributed by atoms with Gasteiger partial charge in [-0.2, -0.15) is 0 Å². The van der Waals surface area contributed by atoms with Crippen molar-refractivity contribution in [2.24, 2.45) is 5.84 Å². The van der Waals surface area contributed by atoms with Crippen molar-refractivity contribution in [3.8, 4) is 5.75 Å². The van der Waals surface area contributed by atoms with Gasteiger partial charge in [0.25, 0.3) is 5.91 Å². The predicted octanol–water partition coefficient (Wildman–Crippen LogP) is 0.836. The minimum atomic E-state index is -0.257. The monoisotopic (exact) mass is 283 g/mol. The van der Waals surface area contributed by atoms with Gasteiger partial charge in [-0.15, -0.1) is 0 Å². The lowest BCUT2D eigenvalue weighted by Crippen LogP contribution is -2.40. The Labute approximate surface area is 115 Å². The van der Waals surface area contributed by atoms with Crippen LogP contribution in [0.15, 0.2) is 18.2 Å². The molecule has 0 saturated heterocycles. The van der Waals surface area contributed by atoms with Crippen LogP contribution in [0.5, 0.6) is 5.75 Å². The van der Waals surface area contributed by atoms with Crippen LogP contribution in [0.1, 0.15) is 12.8 Å². The smallest absolute Gasteiger partial charge is 0.265 e. The third kappa shape index (κ3) is 3.15. The number of nitrogens with one attached hydrogen (secondary N) is 1. The molecule has 1 aromatic rings. The van der Waals surface area contributed by atoms with Crippen molar-refractivity contribution in [1.82, 2.24) is 5.43 Å². The van der Waals surface area contributed by atoms with Crippen LogP contribution in [0.2, 0.25) is 5.02 Å². The van der Waals surface area contributed by atoms with Gasteiger partial charge in [0.1, 0.15) is 5.75 Å². The van der Waals surface area contributed by atoms with Gasteiger partial charge in [-0.05, 0) is 24.6 Å². The molecule has 1 heterocycles. The van der Waals surface area contributed by atoms with Gasteiger partial charge in [0.05, 0.1) is 5.69 Å². The zero-order chi connectivity index (χ0) is 13.8. The molecule has 0 radical (unpaired) electrons. The third-order valence-electron chi connectivity index (χ3n) is 2.81. The van der Waals surface area contributed by atoms with Gasteiger partial charge in [-0.3, -0.25) is 15.0 Å². The van der Waals surface area contributed by atoms with E-state index in [1.54, 1.807) is 23.1 Å². The minimum Gasteiger partial charge on any atom is -0.482 e. The third-order valence-corrected chi connectivity index (χ3v) is 3.05. The fourth-order valence-corrected chi connectivity index (χ4v) is 2.06. The Balaban J connectivity index is 2.09. The van der Waals surface area contributed by atoms with E-state index in [1.165, 1.54) is 0 Å². The van der Waals surface area contributed by atoms with E-state index in [9.17, 15) is 9.59 Å². The molecule has 0 aromatic heterocycles. The van der Waals surface area contributed by atoms with Gasteiger partial charge in [-0.25, -0.2) is 5.84 Å². The molecule has 1 aromatic carbocycles. The van der Waals surface area contributed by atoms with Crippen molar-refractivity contribution < 1.29 is 14.3 Å². The molecule has 3 N–H and O–H groups in total. The van der Waals surface area contributed by atoms with Crippen LogP contribution in [0.25, 0.3) is 0 Å². The summed E-state index contributed by atoms with van der Waals surface area (Å²) in [6.07, 6.45) is 0.776. The fourth-order valence-electron chi connectivity index (χ4n) is 1.89. The second-order valence-corrected chi connectivity index (χ2v) is 4.55. The van der Waals surface area contributed by atoms with E-state index in [0.717, 1.165) is 0 Å². The van der Waals surface area contributed by atoms with E-state index >= 15 is 0 Å². The van der Waals surface area contributed by atoms with Gasteiger partial charge in [0.2, 0.25) is 5.91 Å². The van der Waals surface area contributed by atoms with Crippen LogP contribution in [-0.4, -0.2) is 25.0 Å². The average Bonchev–Trinajstić information content (AvgIpc) is 2.41. The van der Waals surface area contributed by atoms with E-state index in [4.69, 9.17) is 22.2 Å². The zero-order valence-corrected chi connectivity index (χ0v) is 10.9. The number of ether oxygens (including phenoxy) is 1. The average molecular weight is 284 g/mol. The van der Waals surface area contributed by atoms with E-state index in [-0.39, 0.29) is 24.8 Å². The van der Waals surface area contributed by atoms with Gasteiger partial charge < -0.3 is 9.64 Å². The first-order chi connectivity index (χ1) is 9.11. The maximum atomic E-state index is 11.8. The summed E-state index contributed by atoms with van der Waals surface area (Å²) in [7, 11) is 0. The summed E-state index contributed by atoms with van der Waals surface area (Å²) in [6, 6.07) is 5.11. The highest BCUT2D eigenvalue weighted by molar-refractivity contribution is 6.31. The largest absolute Gasteiger partial charge is 0.482 e. The van der Waals surface area contributed by atoms with Crippen LogP contribution >= 0.6 is 11.6 Å². The minimum absolute atomic E-state index is 0.00226. The maximum Gasteiger partial charge on any atom is 0.265 e. The molecule has 102 valence electrons. The molecular formula is C12H14ClN3O3. The molecule has 1 aliphatic heterocycles.